The van der Waals surface area contributed by atoms with Gasteiger partial charge in [0.1, 0.15) is 0 Å². The molecule has 2 rings (SSSR count). The van der Waals surface area contributed by atoms with Gasteiger partial charge in [-0.2, -0.15) is 13.8 Å². The Balaban J connectivity index is 2.34. The van der Waals surface area contributed by atoms with Crippen molar-refractivity contribution < 1.29 is 18.1 Å². The Hall–Kier alpha value is -2.31. The van der Waals surface area contributed by atoms with Crippen molar-refractivity contribution in [1.29, 1.82) is 0 Å². The number of amides is 1. The number of benzene rings is 1. The molecule has 0 saturated heterocycles. The van der Waals surface area contributed by atoms with Crippen molar-refractivity contribution >= 4 is 11.6 Å². The fourth-order valence-electron chi connectivity index (χ4n) is 1.37. The van der Waals surface area contributed by atoms with Crippen LogP contribution in [0.2, 0.25) is 0 Å². The van der Waals surface area contributed by atoms with E-state index < -0.39 is 12.3 Å². The van der Waals surface area contributed by atoms with Gasteiger partial charge in [-0.1, -0.05) is 17.3 Å². The maximum atomic E-state index is 12.2. The molecule has 0 saturated carbocycles. The van der Waals surface area contributed by atoms with Crippen LogP contribution in [0, 0.1) is 6.92 Å². The number of anilines is 1. The third-order valence-electron chi connectivity index (χ3n) is 2.14. The molecule has 0 radical (unpaired) electrons. The minimum Gasteiger partial charge on any atom is -0.334 e. The van der Waals surface area contributed by atoms with E-state index in [-0.39, 0.29) is 11.6 Å². The molecule has 0 fully saturated rings. The third kappa shape index (κ3) is 2.50. The predicted molar refractivity (Wildman–Crippen MR) is 59.1 cm³/mol. The first-order chi connectivity index (χ1) is 8.58. The summed E-state index contributed by atoms with van der Waals surface area (Å²) in [6.45, 7) is 1.63. The molecule has 0 spiro atoms. The first-order valence-corrected chi connectivity index (χ1v) is 5.06. The molecule has 1 aromatic heterocycles. The summed E-state index contributed by atoms with van der Waals surface area (Å²) in [7, 11) is 0. The van der Waals surface area contributed by atoms with Gasteiger partial charge in [0, 0.05) is 0 Å². The van der Waals surface area contributed by atoms with Crippen LogP contribution >= 0.6 is 0 Å². The molecule has 0 aliphatic rings. The minimum absolute atomic E-state index is 0.165. The van der Waals surface area contributed by atoms with Gasteiger partial charge in [0.15, 0.2) is 5.82 Å². The maximum absolute atomic E-state index is 12.2. The van der Waals surface area contributed by atoms with Gasteiger partial charge < -0.3 is 9.84 Å². The highest BCUT2D eigenvalue weighted by Gasteiger charge is 2.18. The molecule has 7 heteroatoms. The lowest BCUT2D eigenvalue weighted by atomic mass is 10.1. The summed E-state index contributed by atoms with van der Waals surface area (Å²) in [6, 6.07) is 6.35. The van der Waals surface area contributed by atoms with Gasteiger partial charge in [-0.15, -0.1) is 0 Å². The van der Waals surface area contributed by atoms with Gasteiger partial charge in [-0.3, -0.25) is 4.79 Å². The van der Waals surface area contributed by atoms with Crippen molar-refractivity contribution in [2.45, 2.75) is 13.3 Å². The topological polar surface area (TPSA) is 68.0 Å². The van der Waals surface area contributed by atoms with Crippen LogP contribution in [0.1, 0.15) is 5.82 Å². The SMILES string of the molecule is Cc1noc(-c2ccccc2NC(=O)C(F)F)n1. The number of alkyl halides is 2. The number of halogens is 2. The van der Waals surface area contributed by atoms with Gasteiger partial charge in [-0.25, -0.2) is 0 Å². The average molecular weight is 253 g/mol. The lowest BCUT2D eigenvalue weighted by Crippen LogP contribution is -2.20. The van der Waals surface area contributed by atoms with Crippen molar-refractivity contribution in [2.24, 2.45) is 0 Å². The molecular weight excluding hydrogens is 244 g/mol. The smallest absolute Gasteiger partial charge is 0.315 e. The Bertz CT molecular complexity index is 569. The van der Waals surface area contributed by atoms with Crippen molar-refractivity contribution in [3.05, 3.63) is 30.1 Å². The van der Waals surface area contributed by atoms with E-state index >= 15 is 0 Å². The first-order valence-electron chi connectivity index (χ1n) is 5.06. The number of hydrogen-bond acceptors (Lipinski definition) is 4. The number of aromatic nitrogens is 2. The standard InChI is InChI=1S/C11H9F2N3O2/c1-6-14-11(18-16-6)7-4-2-3-5-8(7)15-10(17)9(12)13/h2-5,9H,1H3,(H,15,17). The number of nitrogens with one attached hydrogen (secondary N) is 1. The van der Waals surface area contributed by atoms with Crippen molar-refractivity contribution in [2.75, 3.05) is 5.32 Å². The number of nitrogens with zero attached hydrogens (tertiary/aromatic N) is 2. The first kappa shape index (κ1) is 12.2. The van der Waals surface area contributed by atoms with E-state index in [0.29, 0.717) is 11.4 Å². The molecule has 1 N–H and O–H groups in total. The van der Waals surface area contributed by atoms with Crippen LogP contribution in [-0.2, 0) is 4.79 Å². The lowest BCUT2D eigenvalue weighted by molar-refractivity contribution is -0.126. The van der Waals surface area contributed by atoms with E-state index in [0.717, 1.165) is 0 Å². The maximum Gasteiger partial charge on any atom is 0.315 e. The summed E-state index contributed by atoms with van der Waals surface area (Å²) in [4.78, 5) is 15.0. The number of para-hydroxylation sites is 1. The van der Waals surface area contributed by atoms with E-state index in [2.05, 4.69) is 15.5 Å². The molecule has 0 aliphatic heterocycles. The Morgan fingerprint density at radius 2 is 2.11 bits per heavy atom. The van der Waals surface area contributed by atoms with Gasteiger partial charge in [-0.05, 0) is 19.1 Å². The fraction of sp³-hybridized carbons (Fsp3) is 0.182. The Labute approximate surface area is 101 Å². The second-order valence-electron chi connectivity index (χ2n) is 3.48. The summed E-state index contributed by atoms with van der Waals surface area (Å²) >= 11 is 0. The highest BCUT2D eigenvalue weighted by atomic mass is 19.3. The van der Waals surface area contributed by atoms with Crippen LogP contribution in [0.15, 0.2) is 28.8 Å². The van der Waals surface area contributed by atoms with E-state index in [1.54, 1.807) is 25.1 Å². The van der Waals surface area contributed by atoms with Crippen LogP contribution in [0.5, 0.6) is 0 Å². The minimum atomic E-state index is -3.08. The number of carbonyl (C=O) groups excluding carboxylic acids is 1. The zero-order chi connectivity index (χ0) is 13.1. The van der Waals surface area contributed by atoms with Gasteiger partial charge in [0.2, 0.25) is 0 Å². The summed E-state index contributed by atoms with van der Waals surface area (Å²) in [5.74, 6) is -0.795. The summed E-state index contributed by atoms with van der Waals surface area (Å²) in [5, 5.41) is 5.70. The highest BCUT2D eigenvalue weighted by Crippen LogP contribution is 2.26. The van der Waals surface area contributed by atoms with Crippen molar-refractivity contribution in [3.8, 4) is 11.5 Å². The summed E-state index contributed by atoms with van der Waals surface area (Å²) in [5.41, 5.74) is 0.596. The second-order valence-corrected chi connectivity index (χ2v) is 3.48. The Morgan fingerprint density at radius 1 is 1.39 bits per heavy atom. The van der Waals surface area contributed by atoms with Gasteiger partial charge in [0.05, 0.1) is 11.3 Å². The Morgan fingerprint density at radius 3 is 2.72 bits per heavy atom. The molecule has 2 aromatic rings. The molecule has 5 nitrogen and oxygen atoms in total. The van der Waals surface area contributed by atoms with Gasteiger partial charge in [0.25, 0.3) is 11.8 Å². The van der Waals surface area contributed by atoms with E-state index in [1.807, 2.05) is 0 Å². The van der Waals surface area contributed by atoms with Crippen molar-refractivity contribution in [3.63, 3.8) is 0 Å². The number of rotatable bonds is 3. The fourth-order valence-corrected chi connectivity index (χ4v) is 1.37. The van der Waals surface area contributed by atoms with Crippen LogP contribution < -0.4 is 5.32 Å². The number of hydrogen-bond donors (Lipinski definition) is 1. The average Bonchev–Trinajstić information content (AvgIpc) is 2.76. The normalized spacial score (nSPS) is 10.7. The molecule has 0 bridgehead atoms. The summed E-state index contributed by atoms with van der Waals surface area (Å²) < 4.78 is 29.3. The molecule has 0 atom stereocenters. The highest BCUT2D eigenvalue weighted by molar-refractivity contribution is 5.96. The van der Waals surface area contributed by atoms with Crippen LogP contribution in [0.25, 0.3) is 11.5 Å². The number of aryl methyl sites for hydroxylation is 1. The molecule has 1 aromatic carbocycles. The zero-order valence-corrected chi connectivity index (χ0v) is 9.35. The third-order valence-corrected chi connectivity index (χ3v) is 2.14. The molecule has 18 heavy (non-hydrogen) atoms. The molecule has 0 unspecified atom stereocenters. The number of carbonyl (C=O) groups is 1. The largest absolute Gasteiger partial charge is 0.334 e. The molecule has 94 valence electrons. The van der Waals surface area contributed by atoms with Gasteiger partial charge >= 0.3 is 6.43 Å². The molecular formula is C11H9F2N3O2. The summed E-state index contributed by atoms with van der Waals surface area (Å²) in [6.07, 6.45) is -3.08. The predicted octanol–water partition coefficient (Wildman–Crippen LogP) is 2.25. The Kier molecular flexibility index (Phi) is 3.31. The van der Waals surface area contributed by atoms with E-state index in [9.17, 15) is 13.6 Å². The quantitative estimate of drug-likeness (QED) is 0.910. The van der Waals surface area contributed by atoms with Crippen LogP contribution in [0.4, 0.5) is 14.5 Å². The van der Waals surface area contributed by atoms with E-state index in [4.69, 9.17) is 4.52 Å². The van der Waals surface area contributed by atoms with Crippen LogP contribution in [-0.4, -0.2) is 22.5 Å². The molecule has 1 amide bonds. The zero-order valence-electron chi connectivity index (χ0n) is 9.35. The second kappa shape index (κ2) is 4.91. The molecule has 1 heterocycles. The van der Waals surface area contributed by atoms with Crippen molar-refractivity contribution in [1.82, 2.24) is 10.1 Å². The monoisotopic (exact) mass is 253 g/mol. The van der Waals surface area contributed by atoms with Crippen LogP contribution in [0.3, 0.4) is 0 Å². The lowest BCUT2D eigenvalue weighted by Gasteiger charge is -2.07. The molecule has 0 aliphatic carbocycles. The van der Waals surface area contributed by atoms with E-state index in [1.165, 1.54) is 6.07 Å².